The van der Waals surface area contributed by atoms with Gasteiger partial charge in [0.1, 0.15) is 11.9 Å². The third kappa shape index (κ3) is 7.77. The molecule has 1 aromatic heterocycles. The fourth-order valence-corrected chi connectivity index (χ4v) is 3.86. The Labute approximate surface area is 188 Å². The lowest BCUT2D eigenvalue weighted by Gasteiger charge is -2.24. The standard InChI is InChI=1S/C24H31N5O3/c30-23(29-32)14-12-20-16-26-22(17-25-20)28-21(13-11-18-7-3-1-4-8-18)24(31)27-15-19-9-5-2-6-10-19/h1,3-4,7-8,12,14,16-17,19,21,32H,2,5-6,9-11,13,15H2,(H,26,28)(H,27,31)(H,29,30)/t21-/m1/s1. The zero-order valence-corrected chi connectivity index (χ0v) is 18.2. The molecule has 1 fully saturated rings. The van der Waals surface area contributed by atoms with E-state index >= 15 is 0 Å². The highest BCUT2D eigenvalue weighted by atomic mass is 16.5. The van der Waals surface area contributed by atoms with Crippen molar-refractivity contribution in [2.45, 2.75) is 51.0 Å². The number of amides is 2. The number of aryl methyl sites for hydroxylation is 1. The van der Waals surface area contributed by atoms with E-state index in [1.807, 2.05) is 18.2 Å². The molecule has 1 aliphatic carbocycles. The summed E-state index contributed by atoms with van der Waals surface area (Å²) in [4.78, 5) is 32.6. The highest BCUT2D eigenvalue weighted by molar-refractivity contribution is 5.90. The summed E-state index contributed by atoms with van der Waals surface area (Å²) in [5.74, 6) is 0.366. The highest BCUT2D eigenvalue weighted by Gasteiger charge is 2.21. The van der Waals surface area contributed by atoms with E-state index in [0.29, 0.717) is 30.4 Å². The normalized spacial score (nSPS) is 15.3. The van der Waals surface area contributed by atoms with Crippen molar-refractivity contribution in [1.82, 2.24) is 20.8 Å². The Morgan fingerprint density at radius 1 is 1.09 bits per heavy atom. The van der Waals surface area contributed by atoms with Gasteiger partial charge in [-0.15, -0.1) is 0 Å². The van der Waals surface area contributed by atoms with Crippen LogP contribution in [0.25, 0.3) is 6.08 Å². The second-order valence-electron chi connectivity index (χ2n) is 8.11. The van der Waals surface area contributed by atoms with E-state index in [0.717, 1.165) is 12.5 Å². The second-order valence-corrected chi connectivity index (χ2v) is 8.11. The summed E-state index contributed by atoms with van der Waals surface area (Å²) in [6, 6.07) is 9.65. The zero-order chi connectivity index (χ0) is 22.6. The van der Waals surface area contributed by atoms with Crippen molar-refractivity contribution in [3.8, 4) is 0 Å². The monoisotopic (exact) mass is 437 g/mol. The minimum atomic E-state index is -0.649. The number of benzene rings is 1. The summed E-state index contributed by atoms with van der Waals surface area (Å²) < 4.78 is 0. The number of rotatable bonds is 10. The first-order valence-electron chi connectivity index (χ1n) is 11.2. The molecule has 1 aliphatic rings. The number of hydrogen-bond donors (Lipinski definition) is 4. The van der Waals surface area contributed by atoms with Crippen molar-refractivity contribution in [2.24, 2.45) is 5.92 Å². The lowest BCUT2D eigenvalue weighted by Crippen LogP contribution is -2.42. The van der Waals surface area contributed by atoms with Gasteiger partial charge >= 0.3 is 0 Å². The number of nitrogens with one attached hydrogen (secondary N) is 3. The number of anilines is 1. The van der Waals surface area contributed by atoms with Gasteiger partial charge in [-0.05, 0) is 43.2 Å². The number of carbonyl (C=O) groups excluding carboxylic acids is 2. The smallest absolute Gasteiger partial charge is 0.267 e. The molecule has 1 aromatic carbocycles. The second kappa shape index (κ2) is 12.6. The molecule has 3 rings (SSSR count). The zero-order valence-electron chi connectivity index (χ0n) is 18.2. The third-order valence-corrected chi connectivity index (χ3v) is 5.68. The molecule has 8 nitrogen and oxygen atoms in total. The first-order chi connectivity index (χ1) is 15.6. The van der Waals surface area contributed by atoms with E-state index in [1.54, 1.807) is 0 Å². The van der Waals surface area contributed by atoms with Crippen LogP contribution in [0.4, 0.5) is 5.82 Å². The van der Waals surface area contributed by atoms with Gasteiger partial charge in [0, 0.05) is 12.6 Å². The number of carbonyl (C=O) groups is 2. The van der Waals surface area contributed by atoms with Crippen LogP contribution in [0.15, 0.2) is 48.8 Å². The van der Waals surface area contributed by atoms with Crippen LogP contribution < -0.4 is 16.1 Å². The quantitative estimate of drug-likeness (QED) is 0.258. The molecule has 0 aliphatic heterocycles. The first-order valence-corrected chi connectivity index (χ1v) is 11.2. The minimum absolute atomic E-state index is 0.0307. The lowest BCUT2D eigenvalue weighted by molar-refractivity contribution is -0.124. The molecule has 0 spiro atoms. The molecule has 0 unspecified atom stereocenters. The molecule has 1 atom stereocenters. The molecule has 2 amide bonds. The number of nitrogens with zero attached hydrogens (tertiary/aromatic N) is 2. The molecule has 1 heterocycles. The van der Waals surface area contributed by atoms with Gasteiger partial charge in [-0.1, -0.05) is 49.6 Å². The van der Waals surface area contributed by atoms with Gasteiger partial charge in [-0.2, -0.15) is 0 Å². The lowest BCUT2D eigenvalue weighted by atomic mass is 9.89. The fourth-order valence-electron chi connectivity index (χ4n) is 3.86. The van der Waals surface area contributed by atoms with Crippen LogP contribution >= 0.6 is 0 Å². The van der Waals surface area contributed by atoms with Crippen molar-refractivity contribution in [1.29, 1.82) is 0 Å². The number of aromatic nitrogens is 2. The van der Waals surface area contributed by atoms with E-state index < -0.39 is 11.9 Å². The topological polar surface area (TPSA) is 116 Å². The first kappa shape index (κ1) is 23.4. The van der Waals surface area contributed by atoms with Gasteiger partial charge in [0.05, 0.1) is 18.1 Å². The third-order valence-electron chi connectivity index (χ3n) is 5.68. The molecule has 2 aromatic rings. The fraction of sp³-hybridized carbons (Fsp3) is 0.417. The summed E-state index contributed by atoms with van der Waals surface area (Å²) in [6.45, 7) is 0.713. The van der Waals surface area contributed by atoms with Crippen LogP contribution in [-0.2, 0) is 16.0 Å². The van der Waals surface area contributed by atoms with Crippen molar-refractivity contribution in [2.75, 3.05) is 11.9 Å². The Morgan fingerprint density at radius 3 is 2.56 bits per heavy atom. The van der Waals surface area contributed by atoms with Gasteiger partial charge in [0.15, 0.2) is 0 Å². The summed E-state index contributed by atoms with van der Waals surface area (Å²) >= 11 is 0. The van der Waals surface area contributed by atoms with E-state index in [-0.39, 0.29) is 5.91 Å². The minimum Gasteiger partial charge on any atom is -0.357 e. The van der Waals surface area contributed by atoms with Crippen LogP contribution in [-0.4, -0.2) is 39.6 Å². The molecule has 0 bridgehead atoms. The highest BCUT2D eigenvalue weighted by Crippen LogP contribution is 2.23. The van der Waals surface area contributed by atoms with E-state index in [9.17, 15) is 9.59 Å². The van der Waals surface area contributed by atoms with Gasteiger partial charge in [0.2, 0.25) is 5.91 Å². The predicted molar refractivity (Wildman–Crippen MR) is 123 cm³/mol. The maximum absolute atomic E-state index is 13.0. The Bertz CT molecular complexity index is 880. The number of hydrogen-bond acceptors (Lipinski definition) is 6. The Balaban J connectivity index is 1.62. The van der Waals surface area contributed by atoms with Crippen molar-refractivity contribution in [3.05, 3.63) is 60.1 Å². The van der Waals surface area contributed by atoms with Crippen LogP contribution in [0.3, 0.4) is 0 Å². The van der Waals surface area contributed by atoms with Crippen LogP contribution in [0.5, 0.6) is 0 Å². The largest absolute Gasteiger partial charge is 0.357 e. The molecular formula is C24H31N5O3. The van der Waals surface area contributed by atoms with E-state index in [1.165, 1.54) is 61.6 Å². The molecule has 0 saturated heterocycles. The Hall–Kier alpha value is -3.26. The molecular weight excluding hydrogens is 406 g/mol. The summed E-state index contributed by atoms with van der Waals surface area (Å²) in [6.07, 6.45) is 13.1. The van der Waals surface area contributed by atoms with Gasteiger partial charge < -0.3 is 10.6 Å². The van der Waals surface area contributed by atoms with Crippen LogP contribution in [0, 0.1) is 5.92 Å². The summed E-state index contributed by atoms with van der Waals surface area (Å²) in [5, 5.41) is 14.9. The average molecular weight is 438 g/mol. The van der Waals surface area contributed by atoms with Gasteiger partial charge in [-0.25, -0.2) is 10.5 Å². The Kier molecular flexibility index (Phi) is 9.19. The summed E-state index contributed by atoms with van der Waals surface area (Å²) in [7, 11) is 0. The van der Waals surface area contributed by atoms with Gasteiger partial charge in [-0.3, -0.25) is 19.8 Å². The molecule has 32 heavy (non-hydrogen) atoms. The average Bonchev–Trinajstić information content (AvgIpc) is 2.85. The SMILES string of the molecule is O=C(C=Cc1cnc(N[C@H](CCc2ccccc2)C(=O)NCC2CCCCC2)cn1)NO. The van der Waals surface area contributed by atoms with Gasteiger partial charge in [0.25, 0.3) is 5.91 Å². The summed E-state index contributed by atoms with van der Waals surface area (Å²) in [5.41, 5.74) is 3.15. The van der Waals surface area contributed by atoms with Crippen LogP contribution in [0.2, 0.25) is 0 Å². The maximum atomic E-state index is 13.0. The van der Waals surface area contributed by atoms with Crippen molar-refractivity contribution < 1.29 is 14.8 Å². The van der Waals surface area contributed by atoms with E-state index in [2.05, 4.69) is 32.7 Å². The molecule has 0 radical (unpaired) electrons. The number of hydroxylamine groups is 1. The molecule has 170 valence electrons. The molecule has 4 N–H and O–H groups in total. The van der Waals surface area contributed by atoms with Crippen molar-refractivity contribution in [3.63, 3.8) is 0 Å². The van der Waals surface area contributed by atoms with Crippen LogP contribution in [0.1, 0.15) is 49.8 Å². The Morgan fingerprint density at radius 2 is 1.88 bits per heavy atom. The molecule has 1 saturated carbocycles. The maximum Gasteiger partial charge on any atom is 0.267 e. The predicted octanol–water partition coefficient (Wildman–Crippen LogP) is 3.11. The molecule has 8 heteroatoms. The van der Waals surface area contributed by atoms with Crippen molar-refractivity contribution >= 4 is 23.7 Å². The van der Waals surface area contributed by atoms with E-state index in [4.69, 9.17) is 5.21 Å².